The summed E-state index contributed by atoms with van der Waals surface area (Å²) < 4.78 is 19.2. The summed E-state index contributed by atoms with van der Waals surface area (Å²) >= 11 is 1.49. The van der Waals surface area contributed by atoms with Crippen molar-refractivity contribution in [1.82, 2.24) is 4.57 Å². The number of carbonyl (C=O) groups is 1. The number of nitrogens with zero attached hydrogens (tertiary/aromatic N) is 2. The Morgan fingerprint density at radius 3 is 2.46 bits per heavy atom. The lowest BCUT2D eigenvalue weighted by Crippen LogP contribution is -2.17. The van der Waals surface area contributed by atoms with Gasteiger partial charge in [-0.1, -0.05) is 24.3 Å². The van der Waals surface area contributed by atoms with Gasteiger partial charge in [0, 0.05) is 12.6 Å². The number of benzene rings is 2. The normalized spacial score (nSPS) is 11.7. The average Bonchev–Trinajstić information content (AvgIpc) is 3.07. The number of carbonyl (C=O) groups excluding carboxylic acids is 1. The summed E-state index contributed by atoms with van der Waals surface area (Å²) in [5.74, 6) is 1.48. The van der Waals surface area contributed by atoms with Crippen molar-refractivity contribution < 1.29 is 19.0 Å². The molecular weight excluding hydrogens is 376 g/mol. The minimum absolute atomic E-state index is 0.354. The Morgan fingerprint density at radius 2 is 1.82 bits per heavy atom. The Hall–Kier alpha value is -2.80. The van der Waals surface area contributed by atoms with Crippen molar-refractivity contribution in [3.63, 3.8) is 0 Å². The standard InChI is InChI=1S/C21H24N2O4S/c1-6-11-23-18-16(26-4)10-7-13(2)19(18)28-21(23)22-20(24)15-9-8-14(25-3)12-17(15)27-5/h7-10,12H,6,11H2,1-5H3. The first-order valence-electron chi connectivity index (χ1n) is 9.02. The lowest BCUT2D eigenvalue weighted by atomic mass is 10.2. The average molecular weight is 401 g/mol. The second-order valence-corrected chi connectivity index (χ2v) is 7.26. The van der Waals surface area contributed by atoms with E-state index in [0.717, 1.165) is 34.5 Å². The maximum absolute atomic E-state index is 12.9. The van der Waals surface area contributed by atoms with Crippen LogP contribution in [0.3, 0.4) is 0 Å². The highest BCUT2D eigenvalue weighted by Crippen LogP contribution is 2.31. The summed E-state index contributed by atoms with van der Waals surface area (Å²) in [5, 5.41) is 0. The van der Waals surface area contributed by atoms with Gasteiger partial charge >= 0.3 is 0 Å². The van der Waals surface area contributed by atoms with Gasteiger partial charge in [-0.2, -0.15) is 4.99 Å². The van der Waals surface area contributed by atoms with Gasteiger partial charge in [-0.25, -0.2) is 0 Å². The number of aryl methyl sites for hydroxylation is 2. The maximum Gasteiger partial charge on any atom is 0.283 e. The van der Waals surface area contributed by atoms with Crippen molar-refractivity contribution in [3.05, 3.63) is 46.3 Å². The molecule has 0 saturated heterocycles. The van der Waals surface area contributed by atoms with Crippen LogP contribution in [0.5, 0.6) is 17.2 Å². The van der Waals surface area contributed by atoms with E-state index in [2.05, 4.69) is 16.5 Å². The summed E-state index contributed by atoms with van der Waals surface area (Å²) in [6, 6.07) is 9.05. The molecule has 3 aromatic rings. The molecule has 0 spiro atoms. The van der Waals surface area contributed by atoms with Crippen molar-refractivity contribution in [2.24, 2.45) is 4.99 Å². The van der Waals surface area contributed by atoms with Crippen molar-refractivity contribution >= 4 is 27.5 Å². The zero-order chi connectivity index (χ0) is 20.3. The van der Waals surface area contributed by atoms with Gasteiger partial charge < -0.3 is 18.8 Å². The molecule has 0 aliphatic heterocycles. The zero-order valence-corrected chi connectivity index (χ0v) is 17.6. The second kappa shape index (κ2) is 8.48. The molecule has 1 aromatic heterocycles. The molecule has 0 unspecified atom stereocenters. The highest BCUT2D eigenvalue weighted by Gasteiger charge is 2.16. The van der Waals surface area contributed by atoms with Crippen LogP contribution in [0.25, 0.3) is 10.2 Å². The van der Waals surface area contributed by atoms with E-state index in [1.165, 1.54) is 18.4 Å². The fourth-order valence-corrected chi connectivity index (χ4v) is 4.22. The molecule has 0 aliphatic rings. The van der Waals surface area contributed by atoms with Crippen molar-refractivity contribution in [2.45, 2.75) is 26.8 Å². The third-order valence-electron chi connectivity index (χ3n) is 4.49. The lowest BCUT2D eigenvalue weighted by molar-refractivity contribution is 0.0995. The first-order chi connectivity index (χ1) is 13.5. The van der Waals surface area contributed by atoms with Crippen LogP contribution < -0.4 is 19.0 Å². The minimum atomic E-state index is -0.354. The number of ether oxygens (including phenoxy) is 3. The van der Waals surface area contributed by atoms with Gasteiger partial charge in [-0.15, -0.1) is 0 Å². The summed E-state index contributed by atoms with van der Waals surface area (Å²) in [6.07, 6.45) is 0.913. The Kier molecular flexibility index (Phi) is 6.04. The van der Waals surface area contributed by atoms with Gasteiger partial charge in [0.05, 0.1) is 31.6 Å². The molecule has 0 fully saturated rings. The summed E-state index contributed by atoms with van der Waals surface area (Å²) in [4.78, 5) is 18.0. The van der Waals surface area contributed by atoms with Crippen LogP contribution >= 0.6 is 11.3 Å². The minimum Gasteiger partial charge on any atom is -0.497 e. The Balaban J connectivity index is 2.20. The quantitative estimate of drug-likeness (QED) is 0.622. The number of thiazole rings is 1. The van der Waals surface area contributed by atoms with E-state index in [0.29, 0.717) is 21.9 Å². The molecule has 28 heavy (non-hydrogen) atoms. The molecule has 6 nitrogen and oxygen atoms in total. The number of hydrogen-bond donors (Lipinski definition) is 0. The largest absolute Gasteiger partial charge is 0.497 e. The van der Waals surface area contributed by atoms with Gasteiger partial charge in [0.15, 0.2) is 4.80 Å². The smallest absolute Gasteiger partial charge is 0.283 e. The lowest BCUT2D eigenvalue weighted by Gasteiger charge is -2.09. The van der Waals surface area contributed by atoms with E-state index >= 15 is 0 Å². The fourth-order valence-electron chi connectivity index (χ4n) is 3.08. The molecule has 148 valence electrons. The third kappa shape index (κ3) is 3.62. The number of hydrogen-bond acceptors (Lipinski definition) is 5. The molecule has 7 heteroatoms. The molecule has 0 atom stereocenters. The van der Waals surface area contributed by atoms with Crippen molar-refractivity contribution in [1.29, 1.82) is 0 Å². The van der Waals surface area contributed by atoms with Gasteiger partial charge in [0.1, 0.15) is 22.8 Å². The molecule has 0 N–H and O–H groups in total. The predicted octanol–water partition coefficient (Wildman–Crippen LogP) is 4.19. The Bertz CT molecular complexity index is 1080. The SMILES string of the molecule is CCCn1c(=NC(=O)c2ccc(OC)cc2OC)sc2c(C)ccc(OC)c21. The number of fused-ring (bicyclic) bond motifs is 1. The summed E-state index contributed by atoms with van der Waals surface area (Å²) in [5.41, 5.74) is 2.50. The van der Waals surface area contributed by atoms with Crippen LogP contribution in [0.15, 0.2) is 35.3 Å². The molecule has 1 heterocycles. The Labute approximate surface area is 168 Å². The fraction of sp³-hybridized carbons (Fsp3) is 0.333. The van der Waals surface area contributed by atoms with Crippen LogP contribution in [-0.4, -0.2) is 31.8 Å². The third-order valence-corrected chi connectivity index (χ3v) is 5.70. The summed E-state index contributed by atoms with van der Waals surface area (Å²) in [6.45, 7) is 4.88. The van der Waals surface area contributed by atoms with Crippen molar-refractivity contribution in [2.75, 3.05) is 21.3 Å². The second-order valence-electron chi connectivity index (χ2n) is 6.28. The van der Waals surface area contributed by atoms with E-state index in [1.54, 1.807) is 32.4 Å². The number of amides is 1. The van der Waals surface area contributed by atoms with E-state index in [1.807, 2.05) is 19.1 Å². The first kappa shape index (κ1) is 19.9. The number of methoxy groups -OCH3 is 3. The zero-order valence-electron chi connectivity index (χ0n) is 16.7. The van der Waals surface area contributed by atoms with Gasteiger partial charge in [0.2, 0.25) is 0 Å². The van der Waals surface area contributed by atoms with E-state index in [4.69, 9.17) is 14.2 Å². The molecule has 2 aromatic carbocycles. The molecule has 3 rings (SSSR count). The highest BCUT2D eigenvalue weighted by molar-refractivity contribution is 7.16. The van der Waals surface area contributed by atoms with Crippen LogP contribution in [0, 0.1) is 6.92 Å². The molecule has 0 aliphatic carbocycles. The predicted molar refractivity (Wildman–Crippen MR) is 111 cm³/mol. The molecule has 0 radical (unpaired) electrons. The van der Waals surface area contributed by atoms with Crippen molar-refractivity contribution in [3.8, 4) is 17.2 Å². The molecule has 1 amide bonds. The molecular formula is C21H24N2O4S. The number of aromatic nitrogens is 1. The van der Waals surface area contributed by atoms with Crippen LogP contribution in [0.4, 0.5) is 0 Å². The topological polar surface area (TPSA) is 62.1 Å². The number of rotatable bonds is 6. The monoisotopic (exact) mass is 400 g/mol. The van der Waals surface area contributed by atoms with E-state index in [-0.39, 0.29) is 5.91 Å². The Morgan fingerprint density at radius 1 is 1.07 bits per heavy atom. The van der Waals surface area contributed by atoms with E-state index < -0.39 is 0 Å². The van der Waals surface area contributed by atoms with Gasteiger partial charge in [-0.3, -0.25) is 4.79 Å². The highest BCUT2D eigenvalue weighted by atomic mass is 32.1. The maximum atomic E-state index is 12.9. The van der Waals surface area contributed by atoms with Crippen LogP contribution in [0.2, 0.25) is 0 Å². The van der Waals surface area contributed by atoms with Gasteiger partial charge in [-0.05, 0) is 37.1 Å². The molecule has 0 bridgehead atoms. The molecule has 0 saturated carbocycles. The van der Waals surface area contributed by atoms with E-state index in [9.17, 15) is 4.79 Å². The van der Waals surface area contributed by atoms with Crippen LogP contribution in [-0.2, 0) is 6.54 Å². The first-order valence-corrected chi connectivity index (χ1v) is 9.83. The summed E-state index contributed by atoms with van der Waals surface area (Å²) in [7, 11) is 4.75. The van der Waals surface area contributed by atoms with Gasteiger partial charge in [0.25, 0.3) is 5.91 Å². The van der Waals surface area contributed by atoms with Crippen LogP contribution in [0.1, 0.15) is 29.3 Å².